The second-order valence-electron chi connectivity index (χ2n) is 7.77. The molecule has 0 aliphatic heterocycles. The van der Waals surface area contributed by atoms with Crippen molar-refractivity contribution < 1.29 is 19.1 Å². The third-order valence-corrected chi connectivity index (χ3v) is 6.05. The van der Waals surface area contributed by atoms with Gasteiger partial charge in [0, 0.05) is 7.11 Å². The molecule has 0 radical (unpaired) electrons. The van der Waals surface area contributed by atoms with E-state index in [1.165, 1.54) is 89.9 Å². The van der Waals surface area contributed by atoms with Gasteiger partial charge in [0.1, 0.15) is 0 Å². The Morgan fingerprint density at radius 1 is 0.692 bits per heavy atom. The molecule has 0 spiro atoms. The van der Waals surface area contributed by atoms with E-state index in [9.17, 15) is 4.57 Å². The van der Waals surface area contributed by atoms with Gasteiger partial charge in [-0.05, 0) is 12.8 Å². The molecule has 26 heavy (non-hydrogen) atoms. The van der Waals surface area contributed by atoms with Crippen LogP contribution in [0.4, 0.5) is 0 Å². The molecule has 0 fully saturated rings. The molecule has 0 aromatic rings. The zero-order valence-corrected chi connectivity index (χ0v) is 18.4. The van der Waals surface area contributed by atoms with Crippen LogP contribution in [0.1, 0.15) is 116 Å². The van der Waals surface area contributed by atoms with Gasteiger partial charge >= 0.3 is 7.60 Å². The number of rotatable bonds is 20. The first kappa shape index (κ1) is 26.1. The first-order valence-corrected chi connectivity index (χ1v) is 12.9. The van der Waals surface area contributed by atoms with Crippen LogP contribution in [-0.2, 0) is 9.30 Å². The largest absolute Gasteiger partial charge is 0.381 e. The number of unbranched alkanes of at least 4 members (excludes halogenated alkanes) is 14. The average Bonchev–Trinajstić information content (AvgIpc) is 2.60. The highest BCUT2D eigenvalue weighted by Gasteiger charge is 2.16. The molecule has 1 atom stereocenters. The summed E-state index contributed by atoms with van der Waals surface area (Å²) in [6, 6.07) is 0. The molecule has 0 aromatic heterocycles. The zero-order chi connectivity index (χ0) is 19.5. The van der Waals surface area contributed by atoms with Crippen LogP contribution >= 0.6 is 7.60 Å². The lowest BCUT2D eigenvalue weighted by Gasteiger charge is -2.15. The molecular formula is C21H45O4P. The van der Waals surface area contributed by atoms with Gasteiger partial charge in [-0.3, -0.25) is 4.57 Å². The van der Waals surface area contributed by atoms with Gasteiger partial charge in [0.15, 0.2) is 0 Å². The fraction of sp³-hybridized carbons (Fsp3) is 1.00. The first-order valence-electron chi connectivity index (χ1n) is 11.1. The minimum Gasteiger partial charge on any atom is -0.381 e. The summed E-state index contributed by atoms with van der Waals surface area (Å²) in [7, 11) is -2.25. The Bertz CT molecular complexity index is 330. The van der Waals surface area contributed by atoms with Crippen LogP contribution in [0.25, 0.3) is 0 Å². The van der Waals surface area contributed by atoms with E-state index in [4.69, 9.17) is 14.5 Å². The molecule has 0 saturated carbocycles. The summed E-state index contributed by atoms with van der Waals surface area (Å²) in [5, 5.41) is 0. The highest BCUT2D eigenvalue weighted by molar-refractivity contribution is 7.51. The molecule has 158 valence electrons. The number of methoxy groups -OCH3 is 1. The lowest BCUT2D eigenvalue weighted by molar-refractivity contribution is 0.0891. The molecule has 0 rings (SSSR count). The van der Waals surface area contributed by atoms with Gasteiger partial charge in [-0.15, -0.1) is 0 Å². The van der Waals surface area contributed by atoms with Crippen molar-refractivity contribution in [1.29, 1.82) is 0 Å². The topological polar surface area (TPSA) is 66.8 Å². The highest BCUT2D eigenvalue weighted by Crippen LogP contribution is 2.36. The van der Waals surface area contributed by atoms with Gasteiger partial charge in [-0.2, -0.15) is 0 Å². The van der Waals surface area contributed by atoms with Crippen LogP contribution in [0, 0.1) is 0 Å². The van der Waals surface area contributed by atoms with E-state index in [1.54, 1.807) is 7.11 Å². The van der Waals surface area contributed by atoms with Crippen molar-refractivity contribution in [3.8, 4) is 0 Å². The molecule has 0 aromatic carbocycles. The Morgan fingerprint density at radius 2 is 1.08 bits per heavy atom. The molecule has 5 heteroatoms. The van der Waals surface area contributed by atoms with E-state index >= 15 is 0 Å². The maximum Gasteiger partial charge on any atom is 0.325 e. The van der Waals surface area contributed by atoms with Gasteiger partial charge in [-0.25, -0.2) is 0 Å². The van der Waals surface area contributed by atoms with E-state index in [0.29, 0.717) is 6.42 Å². The van der Waals surface area contributed by atoms with Crippen LogP contribution in [0.2, 0.25) is 0 Å². The van der Waals surface area contributed by atoms with Gasteiger partial charge in [0.2, 0.25) is 0 Å². The van der Waals surface area contributed by atoms with E-state index in [0.717, 1.165) is 12.8 Å². The number of ether oxygens (including phenoxy) is 1. The maximum atomic E-state index is 10.9. The Kier molecular flexibility index (Phi) is 18.6. The molecule has 4 nitrogen and oxygen atoms in total. The van der Waals surface area contributed by atoms with Gasteiger partial charge < -0.3 is 14.5 Å². The summed E-state index contributed by atoms with van der Waals surface area (Å²) in [5.74, 6) is 0. The Labute approximate surface area is 162 Å². The van der Waals surface area contributed by atoms with Crippen LogP contribution in [-0.4, -0.2) is 29.2 Å². The quantitative estimate of drug-likeness (QED) is 0.176. The average molecular weight is 393 g/mol. The van der Waals surface area contributed by atoms with E-state index in [1.807, 2.05) is 0 Å². The summed E-state index contributed by atoms with van der Waals surface area (Å²) in [6.45, 7) is 2.27. The normalized spacial score (nSPS) is 13.2. The summed E-state index contributed by atoms with van der Waals surface area (Å²) in [5.41, 5.74) is 0. The van der Waals surface area contributed by atoms with Crippen LogP contribution < -0.4 is 0 Å². The van der Waals surface area contributed by atoms with E-state index < -0.39 is 7.60 Å². The van der Waals surface area contributed by atoms with Crippen molar-refractivity contribution in [3.63, 3.8) is 0 Å². The summed E-state index contributed by atoms with van der Waals surface area (Å²) in [4.78, 5) is 17.8. The molecule has 0 amide bonds. The third kappa shape index (κ3) is 20.4. The monoisotopic (exact) mass is 392 g/mol. The molecule has 0 saturated heterocycles. The smallest absolute Gasteiger partial charge is 0.325 e. The molecule has 0 heterocycles. The lowest BCUT2D eigenvalue weighted by atomic mass is 10.0. The maximum absolute atomic E-state index is 10.9. The van der Waals surface area contributed by atoms with Crippen molar-refractivity contribution in [2.24, 2.45) is 0 Å². The Morgan fingerprint density at radius 3 is 1.42 bits per heavy atom. The first-order chi connectivity index (χ1) is 12.5. The summed E-state index contributed by atoms with van der Waals surface area (Å²) in [6.07, 6.45) is 21.6. The Balaban J connectivity index is 3.26. The van der Waals surface area contributed by atoms with Crippen LogP contribution in [0.15, 0.2) is 0 Å². The minimum absolute atomic E-state index is 0.00963. The van der Waals surface area contributed by atoms with Crippen LogP contribution in [0.5, 0.6) is 0 Å². The molecule has 0 bridgehead atoms. The zero-order valence-electron chi connectivity index (χ0n) is 17.5. The molecule has 2 N–H and O–H groups in total. The highest BCUT2D eigenvalue weighted by atomic mass is 31.2. The fourth-order valence-corrected chi connectivity index (χ4v) is 4.06. The SMILES string of the molecule is CCCCCCCCCCCCCCCCCC(CCP(=O)(O)O)OC. The van der Waals surface area contributed by atoms with E-state index in [-0.39, 0.29) is 12.3 Å². The fourth-order valence-electron chi connectivity index (χ4n) is 3.44. The minimum atomic E-state index is -3.89. The second-order valence-corrected chi connectivity index (χ2v) is 9.55. The number of hydrogen-bond acceptors (Lipinski definition) is 2. The predicted octanol–water partition coefficient (Wildman–Crippen LogP) is 6.83. The third-order valence-electron chi connectivity index (χ3n) is 5.21. The van der Waals surface area contributed by atoms with Gasteiger partial charge in [0.05, 0.1) is 12.3 Å². The van der Waals surface area contributed by atoms with Gasteiger partial charge in [0.25, 0.3) is 0 Å². The van der Waals surface area contributed by atoms with E-state index in [2.05, 4.69) is 6.92 Å². The van der Waals surface area contributed by atoms with Crippen molar-refractivity contribution >= 4 is 7.60 Å². The summed E-state index contributed by atoms with van der Waals surface area (Å²) >= 11 is 0. The van der Waals surface area contributed by atoms with Crippen molar-refractivity contribution in [2.45, 2.75) is 122 Å². The predicted molar refractivity (Wildman–Crippen MR) is 112 cm³/mol. The molecule has 0 aliphatic carbocycles. The van der Waals surface area contributed by atoms with Crippen molar-refractivity contribution in [1.82, 2.24) is 0 Å². The second kappa shape index (κ2) is 18.5. The number of hydrogen-bond donors (Lipinski definition) is 2. The molecule has 0 aliphatic rings. The summed E-state index contributed by atoms with van der Waals surface area (Å²) < 4.78 is 16.2. The molecular weight excluding hydrogens is 347 g/mol. The van der Waals surface area contributed by atoms with Crippen LogP contribution in [0.3, 0.4) is 0 Å². The Hall–Kier alpha value is 0.110. The lowest BCUT2D eigenvalue weighted by Crippen LogP contribution is -2.12. The van der Waals surface area contributed by atoms with Crippen molar-refractivity contribution in [2.75, 3.05) is 13.3 Å². The molecule has 1 unspecified atom stereocenters. The van der Waals surface area contributed by atoms with Crippen molar-refractivity contribution in [3.05, 3.63) is 0 Å². The standard InChI is InChI=1S/C21H45O4P/c1-3-4-5-6-7-8-9-10-11-12-13-14-15-16-17-18-21(25-2)19-20-26(22,23)24/h21H,3-20H2,1-2H3,(H2,22,23,24). The van der Waals surface area contributed by atoms with Gasteiger partial charge in [-0.1, -0.05) is 103 Å².